The molecular weight excluding hydrogens is 252 g/mol. The topological polar surface area (TPSA) is 34.5 Å². The summed E-state index contributed by atoms with van der Waals surface area (Å²) in [5.41, 5.74) is 2.65. The molecule has 4 heteroatoms. The first-order valence-electron chi connectivity index (χ1n) is 6.39. The molecule has 0 saturated heterocycles. The summed E-state index contributed by atoms with van der Waals surface area (Å²) in [5.74, 6) is 0.861. The SMILES string of the molecule is CC(=Nc1ccccc1O[SiH](C)C)c1ccccn1. The standard InChI is InChI=1S/C15H18N2OSi/c1-12(13-8-6-7-11-16-13)17-14-9-4-5-10-15(14)18-19(2)3/h4-11,19H,1-3H3. The van der Waals surface area contributed by atoms with Gasteiger partial charge in [0, 0.05) is 6.20 Å². The molecule has 0 N–H and O–H groups in total. The predicted octanol–water partition coefficient (Wildman–Crippen LogP) is 3.58. The van der Waals surface area contributed by atoms with Gasteiger partial charge in [0.1, 0.15) is 11.4 Å². The zero-order valence-corrected chi connectivity index (χ0v) is 12.7. The van der Waals surface area contributed by atoms with Crippen LogP contribution >= 0.6 is 0 Å². The van der Waals surface area contributed by atoms with Gasteiger partial charge in [-0.25, -0.2) is 4.99 Å². The maximum atomic E-state index is 5.89. The zero-order valence-electron chi connectivity index (χ0n) is 11.5. The molecule has 1 heterocycles. The Morgan fingerprint density at radius 2 is 1.84 bits per heavy atom. The fourth-order valence-corrected chi connectivity index (χ4v) is 2.43. The van der Waals surface area contributed by atoms with E-state index >= 15 is 0 Å². The fourth-order valence-electron chi connectivity index (χ4n) is 1.72. The Morgan fingerprint density at radius 1 is 1.11 bits per heavy atom. The van der Waals surface area contributed by atoms with E-state index in [9.17, 15) is 0 Å². The lowest BCUT2D eigenvalue weighted by Gasteiger charge is -2.12. The summed E-state index contributed by atoms with van der Waals surface area (Å²) in [5, 5.41) is 0. The maximum absolute atomic E-state index is 5.89. The summed E-state index contributed by atoms with van der Waals surface area (Å²) >= 11 is 0. The largest absolute Gasteiger partial charge is 0.546 e. The number of rotatable bonds is 4. The minimum atomic E-state index is -1.13. The van der Waals surface area contributed by atoms with Gasteiger partial charge in [-0.1, -0.05) is 18.2 Å². The van der Waals surface area contributed by atoms with E-state index in [1.807, 2.05) is 49.4 Å². The highest BCUT2D eigenvalue weighted by atomic mass is 28.3. The maximum Gasteiger partial charge on any atom is 0.229 e. The van der Waals surface area contributed by atoms with Crippen LogP contribution in [0, 0.1) is 0 Å². The number of pyridine rings is 1. The van der Waals surface area contributed by atoms with Crippen LogP contribution in [-0.4, -0.2) is 19.7 Å². The van der Waals surface area contributed by atoms with Gasteiger partial charge in [0.15, 0.2) is 0 Å². The van der Waals surface area contributed by atoms with Crippen LogP contribution in [0.5, 0.6) is 5.75 Å². The molecule has 98 valence electrons. The lowest BCUT2D eigenvalue weighted by Crippen LogP contribution is -2.11. The van der Waals surface area contributed by atoms with E-state index in [1.54, 1.807) is 6.20 Å². The Kier molecular flexibility index (Phi) is 4.47. The molecule has 0 atom stereocenters. The van der Waals surface area contributed by atoms with E-state index in [0.29, 0.717) is 0 Å². The molecule has 19 heavy (non-hydrogen) atoms. The quantitative estimate of drug-likeness (QED) is 0.628. The lowest BCUT2D eigenvalue weighted by molar-refractivity contribution is 0.582. The second kappa shape index (κ2) is 6.29. The van der Waals surface area contributed by atoms with Gasteiger partial charge in [0.25, 0.3) is 0 Å². The average Bonchev–Trinajstić information content (AvgIpc) is 2.41. The van der Waals surface area contributed by atoms with Crippen LogP contribution in [0.4, 0.5) is 5.69 Å². The van der Waals surface area contributed by atoms with Crippen molar-refractivity contribution in [2.75, 3.05) is 0 Å². The molecule has 3 nitrogen and oxygen atoms in total. The van der Waals surface area contributed by atoms with Gasteiger partial charge in [0.2, 0.25) is 9.04 Å². The Hall–Kier alpha value is -1.94. The van der Waals surface area contributed by atoms with Crippen LogP contribution in [0.3, 0.4) is 0 Å². The summed E-state index contributed by atoms with van der Waals surface area (Å²) in [6.45, 7) is 6.25. The third-order valence-corrected chi connectivity index (χ3v) is 3.28. The number of benzene rings is 1. The monoisotopic (exact) mass is 270 g/mol. The normalized spacial score (nSPS) is 11.7. The third kappa shape index (κ3) is 3.76. The smallest absolute Gasteiger partial charge is 0.229 e. The Morgan fingerprint density at radius 3 is 2.53 bits per heavy atom. The summed E-state index contributed by atoms with van der Waals surface area (Å²) in [6, 6.07) is 13.7. The van der Waals surface area contributed by atoms with Gasteiger partial charge in [-0.2, -0.15) is 0 Å². The number of hydrogen-bond donors (Lipinski definition) is 0. The molecule has 0 aliphatic rings. The Bertz CT molecular complexity index is 567. The molecule has 0 unspecified atom stereocenters. The highest BCUT2D eigenvalue weighted by molar-refractivity contribution is 6.49. The van der Waals surface area contributed by atoms with Crippen molar-refractivity contribution in [2.45, 2.75) is 20.0 Å². The minimum absolute atomic E-state index is 0.861. The molecule has 0 radical (unpaired) electrons. The van der Waals surface area contributed by atoms with Crippen LogP contribution in [0.2, 0.25) is 13.1 Å². The van der Waals surface area contributed by atoms with Crippen molar-refractivity contribution >= 4 is 20.4 Å². The first kappa shape index (κ1) is 13.5. The molecule has 0 aliphatic heterocycles. The van der Waals surface area contributed by atoms with Crippen molar-refractivity contribution < 1.29 is 4.43 Å². The molecule has 0 amide bonds. The van der Waals surface area contributed by atoms with E-state index < -0.39 is 9.04 Å². The Labute approximate surface area is 115 Å². The van der Waals surface area contributed by atoms with Crippen molar-refractivity contribution in [3.05, 3.63) is 54.4 Å². The molecule has 0 fully saturated rings. The van der Waals surface area contributed by atoms with Crippen LogP contribution in [-0.2, 0) is 0 Å². The molecule has 0 aliphatic carbocycles. The molecule has 0 bridgehead atoms. The summed E-state index contributed by atoms with van der Waals surface area (Å²) in [4.78, 5) is 8.94. The van der Waals surface area contributed by atoms with E-state index in [1.165, 1.54) is 0 Å². The average molecular weight is 270 g/mol. The van der Waals surface area contributed by atoms with Crippen molar-refractivity contribution in [1.29, 1.82) is 0 Å². The van der Waals surface area contributed by atoms with Crippen molar-refractivity contribution in [2.24, 2.45) is 4.99 Å². The van der Waals surface area contributed by atoms with Crippen LogP contribution < -0.4 is 4.43 Å². The number of para-hydroxylation sites is 2. The summed E-state index contributed by atoms with van der Waals surface area (Å²) in [6.07, 6.45) is 1.78. The molecule has 1 aromatic carbocycles. The third-order valence-electron chi connectivity index (χ3n) is 2.55. The van der Waals surface area contributed by atoms with Gasteiger partial charge in [-0.05, 0) is 44.3 Å². The summed E-state index contributed by atoms with van der Waals surface area (Å²) < 4.78 is 5.89. The predicted molar refractivity (Wildman–Crippen MR) is 82.1 cm³/mol. The molecule has 0 spiro atoms. The molecule has 0 saturated carbocycles. The number of nitrogens with zero attached hydrogens (tertiary/aromatic N) is 2. The summed E-state index contributed by atoms with van der Waals surface area (Å²) in [7, 11) is -1.13. The van der Waals surface area contributed by atoms with Crippen LogP contribution in [0.25, 0.3) is 0 Å². The lowest BCUT2D eigenvalue weighted by atomic mass is 10.2. The van der Waals surface area contributed by atoms with Gasteiger partial charge in [0.05, 0.1) is 11.4 Å². The van der Waals surface area contributed by atoms with Crippen LogP contribution in [0.1, 0.15) is 12.6 Å². The zero-order chi connectivity index (χ0) is 13.7. The van der Waals surface area contributed by atoms with Gasteiger partial charge >= 0.3 is 0 Å². The minimum Gasteiger partial charge on any atom is -0.546 e. The van der Waals surface area contributed by atoms with Gasteiger partial charge in [-0.3, -0.25) is 4.98 Å². The molecule has 2 aromatic rings. The molecular formula is C15H18N2OSi. The van der Waals surface area contributed by atoms with E-state index in [4.69, 9.17) is 4.43 Å². The van der Waals surface area contributed by atoms with E-state index in [0.717, 1.165) is 22.8 Å². The highest BCUT2D eigenvalue weighted by Crippen LogP contribution is 2.28. The van der Waals surface area contributed by atoms with Crippen molar-refractivity contribution in [3.63, 3.8) is 0 Å². The first-order chi connectivity index (χ1) is 9.16. The van der Waals surface area contributed by atoms with Gasteiger partial charge < -0.3 is 4.43 Å². The number of hydrogen-bond acceptors (Lipinski definition) is 3. The highest BCUT2D eigenvalue weighted by Gasteiger charge is 2.06. The van der Waals surface area contributed by atoms with Crippen molar-refractivity contribution in [1.82, 2.24) is 4.98 Å². The number of aromatic nitrogens is 1. The van der Waals surface area contributed by atoms with Crippen molar-refractivity contribution in [3.8, 4) is 5.75 Å². The molecule has 1 aromatic heterocycles. The first-order valence-corrected chi connectivity index (χ1v) is 9.17. The van der Waals surface area contributed by atoms with Crippen LogP contribution in [0.15, 0.2) is 53.7 Å². The number of aliphatic imine (C=N–C) groups is 1. The fraction of sp³-hybridized carbons (Fsp3) is 0.200. The second-order valence-electron chi connectivity index (χ2n) is 4.55. The van der Waals surface area contributed by atoms with E-state index in [-0.39, 0.29) is 0 Å². The Balaban J connectivity index is 2.32. The van der Waals surface area contributed by atoms with E-state index in [2.05, 4.69) is 23.1 Å². The molecule has 2 rings (SSSR count). The van der Waals surface area contributed by atoms with Gasteiger partial charge in [-0.15, -0.1) is 0 Å². The second-order valence-corrected chi connectivity index (χ2v) is 6.88.